The van der Waals surface area contributed by atoms with Gasteiger partial charge in [-0.25, -0.2) is 18.7 Å². The van der Waals surface area contributed by atoms with Crippen molar-refractivity contribution in [1.29, 1.82) is 0 Å². The van der Waals surface area contributed by atoms with E-state index < -0.39 is 11.6 Å². The average Bonchev–Trinajstić information content (AvgIpc) is 2.43. The number of ether oxygens (including phenoxy) is 1. The van der Waals surface area contributed by atoms with Gasteiger partial charge in [0.2, 0.25) is 5.88 Å². The second-order valence-corrected chi connectivity index (χ2v) is 3.98. The molecule has 0 aliphatic carbocycles. The summed E-state index contributed by atoms with van der Waals surface area (Å²) in [5, 5.41) is 0. The van der Waals surface area contributed by atoms with Crippen molar-refractivity contribution in [3.63, 3.8) is 0 Å². The molecule has 2 aromatic rings. The molecule has 102 valence electrons. The summed E-state index contributed by atoms with van der Waals surface area (Å²) in [5.74, 6) is 4.63. The molecule has 0 saturated carbocycles. The van der Waals surface area contributed by atoms with Crippen molar-refractivity contribution in [3.05, 3.63) is 53.5 Å². The minimum atomic E-state index is -0.601. The van der Waals surface area contributed by atoms with Crippen molar-refractivity contribution in [2.24, 2.45) is 0 Å². The van der Waals surface area contributed by atoms with Crippen LogP contribution in [0.4, 0.5) is 8.78 Å². The molecule has 1 heterocycles. The van der Waals surface area contributed by atoms with Crippen LogP contribution >= 0.6 is 0 Å². The van der Waals surface area contributed by atoms with Crippen LogP contribution in [0.5, 0.6) is 5.88 Å². The highest BCUT2D eigenvalue weighted by Crippen LogP contribution is 2.15. The Morgan fingerprint density at radius 2 is 2.05 bits per heavy atom. The van der Waals surface area contributed by atoms with E-state index in [4.69, 9.17) is 4.74 Å². The summed E-state index contributed by atoms with van der Waals surface area (Å²) in [6.07, 6.45) is 1.58. The Hall–Kier alpha value is -2.48. The topological polar surface area (TPSA) is 35.0 Å². The fourth-order valence-corrected chi connectivity index (χ4v) is 1.59. The van der Waals surface area contributed by atoms with Gasteiger partial charge in [0.1, 0.15) is 18.0 Å². The van der Waals surface area contributed by atoms with Crippen LogP contribution in [0.2, 0.25) is 0 Å². The molecule has 0 amide bonds. The lowest BCUT2D eigenvalue weighted by Crippen LogP contribution is -2.00. The summed E-state index contributed by atoms with van der Waals surface area (Å²) in [6.45, 7) is 1.95. The van der Waals surface area contributed by atoms with E-state index in [-0.39, 0.29) is 13.0 Å². The molecule has 0 N–H and O–H groups in total. The first-order chi connectivity index (χ1) is 9.69. The first-order valence-corrected chi connectivity index (χ1v) is 5.96. The molecule has 1 aromatic heterocycles. The molecule has 0 aliphatic heterocycles. The smallest absolute Gasteiger partial charge is 0.217 e. The highest BCUT2D eigenvalue weighted by Gasteiger charge is 2.07. The molecule has 20 heavy (non-hydrogen) atoms. The number of aromatic nitrogens is 2. The fraction of sp³-hybridized carbons (Fsp3) is 0.200. The Kier molecular flexibility index (Phi) is 4.61. The third-order valence-corrected chi connectivity index (χ3v) is 2.55. The van der Waals surface area contributed by atoms with Gasteiger partial charge < -0.3 is 4.74 Å². The van der Waals surface area contributed by atoms with Crippen molar-refractivity contribution in [1.82, 2.24) is 9.97 Å². The molecule has 0 spiro atoms. The molecule has 2 rings (SSSR count). The van der Waals surface area contributed by atoms with Gasteiger partial charge in [-0.1, -0.05) is 12.0 Å². The fourth-order valence-electron chi connectivity index (χ4n) is 1.59. The molecule has 0 radical (unpaired) electrons. The third kappa shape index (κ3) is 3.75. The number of rotatable bonds is 4. The maximum atomic E-state index is 13.6. The van der Waals surface area contributed by atoms with Gasteiger partial charge in [0.15, 0.2) is 6.61 Å². The summed E-state index contributed by atoms with van der Waals surface area (Å²) < 4.78 is 31.7. The summed E-state index contributed by atoms with van der Waals surface area (Å²) in [5.41, 5.74) is 0.953. The molecule has 0 atom stereocenters. The highest BCUT2D eigenvalue weighted by molar-refractivity contribution is 5.25. The van der Waals surface area contributed by atoms with Crippen molar-refractivity contribution in [2.45, 2.75) is 13.3 Å². The van der Waals surface area contributed by atoms with Crippen molar-refractivity contribution < 1.29 is 13.5 Å². The van der Waals surface area contributed by atoms with Gasteiger partial charge in [-0.15, -0.1) is 5.92 Å². The minimum Gasteiger partial charge on any atom is -0.464 e. The first-order valence-electron chi connectivity index (χ1n) is 5.96. The van der Waals surface area contributed by atoms with E-state index in [0.29, 0.717) is 17.1 Å². The average molecular weight is 274 g/mol. The van der Waals surface area contributed by atoms with Crippen LogP contribution in [0.1, 0.15) is 18.2 Å². The molecule has 0 bridgehead atoms. The van der Waals surface area contributed by atoms with Gasteiger partial charge >= 0.3 is 0 Å². The molecule has 0 unspecified atom stereocenters. The van der Waals surface area contributed by atoms with E-state index in [1.807, 2.05) is 0 Å². The lowest BCUT2D eigenvalue weighted by molar-refractivity contribution is 0.354. The Bertz CT molecular complexity index is 662. The number of hydrogen-bond acceptors (Lipinski definition) is 3. The molecule has 1 aromatic carbocycles. The Morgan fingerprint density at radius 1 is 1.20 bits per heavy atom. The maximum Gasteiger partial charge on any atom is 0.217 e. The highest BCUT2D eigenvalue weighted by atomic mass is 19.1. The lowest BCUT2D eigenvalue weighted by Gasteiger charge is -2.05. The van der Waals surface area contributed by atoms with Crippen molar-refractivity contribution in [3.8, 4) is 17.7 Å². The predicted molar refractivity (Wildman–Crippen MR) is 70.1 cm³/mol. The quantitative estimate of drug-likeness (QED) is 0.804. The molecule has 3 nitrogen and oxygen atoms in total. The Labute approximate surface area is 115 Å². The molecular weight excluding hydrogens is 262 g/mol. The van der Waals surface area contributed by atoms with E-state index in [0.717, 1.165) is 6.07 Å². The van der Waals surface area contributed by atoms with Crippen LogP contribution in [0.25, 0.3) is 0 Å². The molecular formula is C15H12F2N2O. The van der Waals surface area contributed by atoms with E-state index in [9.17, 15) is 8.78 Å². The zero-order valence-electron chi connectivity index (χ0n) is 10.9. The number of halogens is 2. The van der Waals surface area contributed by atoms with Crippen LogP contribution in [0.15, 0.2) is 30.6 Å². The van der Waals surface area contributed by atoms with Crippen LogP contribution < -0.4 is 4.74 Å². The lowest BCUT2D eigenvalue weighted by atomic mass is 10.1. The number of benzene rings is 1. The van der Waals surface area contributed by atoms with Crippen molar-refractivity contribution >= 4 is 0 Å². The number of nitrogens with zero attached hydrogens (tertiary/aromatic N) is 2. The molecule has 5 heteroatoms. The van der Waals surface area contributed by atoms with E-state index in [2.05, 4.69) is 21.8 Å². The van der Waals surface area contributed by atoms with Gasteiger partial charge in [0.05, 0.1) is 5.69 Å². The normalized spacial score (nSPS) is 9.75. The standard InChI is InChI=1S/C15H12F2N2O/c1-2-3-6-20-15-9-13(18-10-19-15)7-11-4-5-12(16)8-14(11)17/h4-5,8-10H,6-7H2,1H3. The van der Waals surface area contributed by atoms with Gasteiger partial charge in [-0.3, -0.25) is 0 Å². The van der Waals surface area contributed by atoms with E-state index >= 15 is 0 Å². The summed E-state index contributed by atoms with van der Waals surface area (Å²) in [7, 11) is 0. The molecule has 0 saturated heterocycles. The second kappa shape index (κ2) is 6.62. The zero-order valence-corrected chi connectivity index (χ0v) is 10.9. The van der Waals surface area contributed by atoms with Crippen LogP contribution in [0, 0.1) is 23.5 Å². The largest absolute Gasteiger partial charge is 0.464 e. The summed E-state index contributed by atoms with van der Waals surface area (Å²) in [4.78, 5) is 7.97. The van der Waals surface area contributed by atoms with Crippen LogP contribution in [0.3, 0.4) is 0 Å². The van der Waals surface area contributed by atoms with Crippen LogP contribution in [-0.2, 0) is 6.42 Å². The Balaban J connectivity index is 2.12. The zero-order chi connectivity index (χ0) is 14.4. The van der Waals surface area contributed by atoms with Gasteiger partial charge in [-0.2, -0.15) is 0 Å². The van der Waals surface area contributed by atoms with Gasteiger partial charge in [0.25, 0.3) is 0 Å². The maximum absolute atomic E-state index is 13.6. The monoisotopic (exact) mass is 274 g/mol. The van der Waals surface area contributed by atoms with Crippen molar-refractivity contribution in [2.75, 3.05) is 6.61 Å². The summed E-state index contributed by atoms with van der Waals surface area (Å²) >= 11 is 0. The SMILES string of the molecule is CC#CCOc1cc(Cc2ccc(F)cc2F)ncn1. The van der Waals surface area contributed by atoms with E-state index in [1.165, 1.54) is 18.5 Å². The minimum absolute atomic E-state index is 0.234. The Morgan fingerprint density at radius 3 is 2.80 bits per heavy atom. The first kappa shape index (κ1) is 13.9. The second-order valence-electron chi connectivity index (χ2n) is 3.98. The van der Waals surface area contributed by atoms with Gasteiger partial charge in [0, 0.05) is 18.6 Å². The summed E-state index contributed by atoms with van der Waals surface area (Å²) in [6, 6.07) is 5.08. The van der Waals surface area contributed by atoms with Crippen LogP contribution in [-0.4, -0.2) is 16.6 Å². The predicted octanol–water partition coefficient (Wildman–Crippen LogP) is 2.75. The van der Waals surface area contributed by atoms with Gasteiger partial charge in [-0.05, 0) is 18.6 Å². The number of hydrogen-bond donors (Lipinski definition) is 0. The molecule has 0 aliphatic rings. The third-order valence-electron chi connectivity index (χ3n) is 2.55. The molecule has 0 fully saturated rings. The van der Waals surface area contributed by atoms with E-state index in [1.54, 1.807) is 13.0 Å².